The lowest BCUT2D eigenvalue weighted by Crippen LogP contribution is -2.10. The van der Waals surface area contributed by atoms with Crippen LogP contribution in [0.1, 0.15) is 58.2 Å². The summed E-state index contributed by atoms with van der Waals surface area (Å²) < 4.78 is 1.14. The summed E-state index contributed by atoms with van der Waals surface area (Å²) in [4.78, 5) is 0. The summed E-state index contributed by atoms with van der Waals surface area (Å²) in [7, 11) is 0. The zero-order chi connectivity index (χ0) is 32.1. The monoisotopic (exact) mass is 658 g/mol. The van der Waals surface area contributed by atoms with Crippen molar-refractivity contribution in [3.8, 4) is 11.1 Å². The molecule has 0 unspecified atom stereocenters. The van der Waals surface area contributed by atoms with E-state index in [0.29, 0.717) is 0 Å². The van der Waals surface area contributed by atoms with E-state index in [9.17, 15) is 0 Å². The van der Waals surface area contributed by atoms with Crippen molar-refractivity contribution >= 4 is 80.6 Å². The Morgan fingerprint density at radius 2 is 0.848 bits per heavy atom. The van der Waals surface area contributed by atoms with Crippen LogP contribution in [-0.4, -0.2) is 0 Å². The minimum absolute atomic E-state index is 0.0518. The molecule has 8 aromatic carbocycles. The highest BCUT2D eigenvalue weighted by atomic mass is 79.9. The second-order valence-electron chi connectivity index (χ2n) is 15.2. The molecule has 0 heterocycles. The van der Waals surface area contributed by atoms with Crippen molar-refractivity contribution in [2.45, 2.75) is 59.3 Å². The van der Waals surface area contributed by atoms with Crippen molar-refractivity contribution in [1.29, 1.82) is 0 Å². The Hall–Kier alpha value is -4.20. The first-order chi connectivity index (χ1) is 21.9. The molecule has 0 bridgehead atoms. The topological polar surface area (TPSA) is 0 Å². The van der Waals surface area contributed by atoms with Crippen LogP contribution in [0.5, 0.6) is 0 Å². The molecule has 0 saturated carbocycles. The van der Waals surface area contributed by atoms with E-state index in [1.165, 1.54) is 92.5 Å². The highest BCUT2D eigenvalue weighted by molar-refractivity contribution is 9.10. The lowest BCUT2D eigenvalue weighted by atomic mass is 9.81. The van der Waals surface area contributed by atoms with Crippen LogP contribution >= 0.6 is 15.9 Å². The molecule has 0 amide bonds. The Labute approximate surface area is 280 Å². The van der Waals surface area contributed by atoms with Gasteiger partial charge in [0.05, 0.1) is 0 Å². The number of aryl methyl sites for hydroxylation is 1. The van der Waals surface area contributed by atoms with Crippen LogP contribution in [-0.2, 0) is 10.8 Å². The van der Waals surface area contributed by atoms with E-state index in [4.69, 9.17) is 0 Å². The van der Waals surface area contributed by atoms with Gasteiger partial charge in [-0.05, 0) is 123 Å². The number of hydrogen-bond acceptors (Lipinski definition) is 0. The molecule has 0 aliphatic carbocycles. The third-order valence-corrected chi connectivity index (χ3v) is 10.7. The molecule has 0 saturated heterocycles. The average Bonchev–Trinajstić information content (AvgIpc) is 3.02. The van der Waals surface area contributed by atoms with Gasteiger partial charge in [0, 0.05) is 9.86 Å². The predicted molar refractivity (Wildman–Crippen MR) is 207 cm³/mol. The zero-order valence-electron chi connectivity index (χ0n) is 27.8. The lowest BCUT2D eigenvalue weighted by Gasteiger charge is -2.23. The molecule has 8 aromatic rings. The largest absolute Gasteiger partial charge is 0.0616 e. The molecule has 8 rings (SSSR count). The Morgan fingerprint density at radius 3 is 1.37 bits per heavy atom. The minimum Gasteiger partial charge on any atom is -0.0616 e. The van der Waals surface area contributed by atoms with Crippen molar-refractivity contribution in [2.75, 3.05) is 0 Å². The number of hydrogen-bond donors (Lipinski definition) is 0. The van der Waals surface area contributed by atoms with Gasteiger partial charge >= 0.3 is 0 Å². The molecule has 0 N–H and O–H groups in total. The molecule has 1 heteroatoms. The van der Waals surface area contributed by atoms with Gasteiger partial charge in [0.1, 0.15) is 0 Å². The van der Waals surface area contributed by atoms with E-state index in [-0.39, 0.29) is 10.8 Å². The van der Waals surface area contributed by atoms with Crippen LogP contribution in [0, 0.1) is 6.92 Å². The fourth-order valence-corrected chi connectivity index (χ4v) is 8.26. The Balaban J connectivity index is 1.66. The predicted octanol–water partition coefficient (Wildman–Crippen LogP) is 13.9. The van der Waals surface area contributed by atoms with Gasteiger partial charge in [0.25, 0.3) is 0 Å². The molecule has 0 radical (unpaired) electrons. The van der Waals surface area contributed by atoms with Gasteiger partial charge in [-0.1, -0.05) is 148 Å². The SMILES string of the molecule is Cc1cc2ccccc2c2c(-c3cc4cc(C(C)(C)C)ccc4c4c(Br)cc5ccccc5c34)cc3cc(C(C)(C)C)ccc3c12. The van der Waals surface area contributed by atoms with E-state index < -0.39 is 0 Å². The third-order valence-electron chi connectivity index (χ3n) is 10.1. The molecule has 0 atom stereocenters. The maximum Gasteiger partial charge on any atom is 0.0266 e. The molecule has 46 heavy (non-hydrogen) atoms. The van der Waals surface area contributed by atoms with Crippen LogP contribution in [0.4, 0.5) is 0 Å². The van der Waals surface area contributed by atoms with Crippen molar-refractivity contribution < 1.29 is 0 Å². The first kappa shape index (κ1) is 29.2. The zero-order valence-corrected chi connectivity index (χ0v) is 29.4. The van der Waals surface area contributed by atoms with Crippen molar-refractivity contribution in [3.05, 3.63) is 130 Å². The quantitative estimate of drug-likeness (QED) is 0.154. The number of fused-ring (bicyclic) bond motifs is 10. The van der Waals surface area contributed by atoms with Crippen LogP contribution in [0.25, 0.3) is 75.8 Å². The average molecular weight is 660 g/mol. The Morgan fingerprint density at radius 1 is 0.413 bits per heavy atom. The maximum absolute atomic E-state index is 4.08. The van der Waals surface area contributed by atoms with Crippen LogP contribution in [0.3, 0.4) is 0 Å². The fraction of sp³-hybridized carbons (Fsp3) is 0.200. The van der Waals surface area contributed by atoms with Crippen molar-refractivity contribution in [2.24, 2.45) is 0 Å². The highest BCUT2D eigenvalue weighted by Gasteiger charge is 2.22. The summed E-state index contributed by atoms with van der Waals surface area (Å²) in [5, 5.41) is 15.6. The van der Waals surface area contributed by atoms with Gasteiger partial charge in [0.2, 0.25) is 0 Å². The lowest BCUT2D eigenvalue weighted by molar-refractivity contribution is 0.591. The Kier molecular flexibility index (Phi) is 6.45. The van der Waals surface area contributed by atoms with Crippen LogP contribution in [0.15, 0.2) is 114 Å². The summed E-state index contributed by atoms with van der Waals surface area (Å²) in [5.41, 5.74) is 6.71. The molecule has 0 spiro atoms. The highest BCUT2D eigenvalue weighted by Crippen LogP contribution is 2.48. The maximum atomic E-state index is 4.08. The Bertz CT molecular complexity index is 2370. The van der Waals surface area contributed by atoms with E-state index in [2.05, 4.69) is 174 Å². The van der Waals surface area contributed by atoms with E-state index in [1.807, 2.05) is 0 Å². The van der Waals surface area contributed by atoms with Gasteiger partial charge in [-0.3, -0.25) is 0 Å². The molecular weight excluding hydrogens is 620 g/mol. The normalized spacial score (nSPS) is 12.8. The molecule has 226 valence electrons. The van der Waals surface area contributed by atoms with E-state index in [0.717, 1.165) is 4.47 Å². The molecule has 0 fully saturated rings. The van der Waals surface area contributed by atoms with Crippen molar-refractivity contribution in [3.63, 3.8) is 0 Å². The first-order valence-electron chi connectivity index (χ1n) is 16.4. The van der Waals surface area contributed by atoms with Gasteiger partial charge in [0.15, 0.2) is 0 Å². The summed E-state index contributed by atoms with van der Waals surface area (Å²) in [6, 6.07) is 41.6. The number of halogens is 1. The van der Waals surface area contributed by atoms with Gasteiger partial charge in [-0.25, -0.2) is 0 Å². The van der Waals surface area contributed by atoms with Gasteiger partial charge in [-0.15, -0.1) is 0 Å². The van der Waals surface area contributed by atoms with E-state index in [1.54, 1.807) is 0 Å². The van der Waals surface area contributed by atoms with Crippen molar-refractivity contribution in [1.82, 2.24) is 0 Å². The second kappa shape index (κ2) is 10.1. The summed E-state index contributed by atoms with van der Waals surface area (Å²) in [6.45, 7) is 16.1. The summed E-state index contributed by atoms with van der Waals surface area (Å²) >= 11 is 4.08. The minimum atomic E-state index is 0.0518. The number of rotatable bonds is 1. The standard InChI is InChI=1S/C45H39Br/c1-26-20-27-12-8-10-14-33(27)41-37(23-29-21-31(44(2,3)4)16-18-35(29)40(26)41)38-24-30-22-32(45(5,6)7)17-19-36(30)43-39(46)25-28-13-9-11-15-34(28)42(38)43/h8-25H,1-7H3. The third kappa shape index (κ3) is 4.47. The van der Waals surface area contributed by atoms with Crippen LogP contribution in [0.2, 0.25) is 0 Å². The van der Waals surface area contributed by atoms with Gasteiger partial charge in [-0.2, -0.15) is 0 Å². The smallest absolute Gasteiger partial charge is 0.0266 e. The summed E-state index contributed by atoms with van der Waals surface area (Å²) in [5.74, 6) is 0. The summed E-state index contributed by atoms with van der Waals surface area (Å²) in [6.07, 6.45) is 0. The number of benzene rings is 8. The molecule has 0 aliphatic heterocycles. The van der Waals surface area contributed by atoms with E-state index >= 15 is 0 Å². The van der Waals surface area contributed by atoms with Crippen LogP contribution < -0.4 is 0 Å². The molecule has 0 nitrogen and oxygen atoms in total. The molecule has 0 aromatic heterocycles. The molecular formula is C45H39Br. The van der Waals surface area contributed by atoms with Gasteiger partial charge < -0.3 is 0 Å². The molecule has 0 aliphatic rings. The first-order valence-corrected chi connectivity index (χ1v) is 17.2. The fourth-order valence-electron chi connectivity index (χ4n) is 7.60. The second-order valence-corrected chi connectivity index (χ2v) is 16.1.